The lowest BCUT2D eigenvalue weighted by Crippen LogP contribution is -2.34. The van der Waals surface area contributed by atoms with Crippen molar-refractivity contribution in [3.63, 3.8) is 0 Å². The van der Waals surface area contributed by atoms with Crippen molar-refractivity contribution in [1.82, 2.24) is 5.32 Å². The van der Waals surface area contributed by atoms with Crippen LogP contribution in [0.3, 0.4) is 0 Å². The van der Waals surface area contributed by atoms with Crippen molar-refractivity contribution in [2.45, 2.75) is 24.9 Å². The Morgan fingerprint density at radius 1 is 1.79 bits per heavy atom. The van der Waals surface area contributed by atoms with E-state index in [4.69, 9.17) is 10.8 Å². The number of carboxylic acids is 1. The smallest absolute Gasteiger partial charge is 0.321 e. The Hall–Kier alpha value is -0.750. The van der Waals surface area contributed by atoms with E-state index in [2.05, 4.69) is 5.32 Å². The standard InChI is InChI=1S/C8H14N2O3S/c9-6(8(12)13)4-14-3-5-1-2-7(11)10-5/h5-6H,1-4,9H2,(H,10,11)(H,12,13). The first-order chi connectivity index (χ1) is 6.59. The van der Waals surface area contributed by atoms with Crippen LogP contribution in [0.15, 0.2) is 0 Å². The Morgan fingerprint density at radius 3 is 3.00 bits per heavy atom. The van der Waals surface area contributed by atoms with E-state index in [1.807, 2.05) is 0 Å². The summed E-state index contributed by atoms with van der Waals surface area (Å²) in [6.07, 6.45) is 1.42. The summed E-state index contributed by atoms with van der Waals surface area (Å²) in [5, 5.41) is 11.3. The molecule has 1 aliphatic rings. The third kappa shape index (κ3) is 3.55. The predicted octanol–water partition coefficient (Wildman–Crippen LogP) is -0.590. The maximum Gasteiger partial charge on any atom is 0.321 e. The van der Waals surface area contributed by atoms with Crippen LogP contribution in [-0.2, 0) is 9.59 Å². The molecule has 14 heavy (non-hydrogen) atoms. The summed E-state index contributed by atoms with van der Waals surface area (Å²) >= 11 is 1.47. The van der Waals surface area contributed by atoms with Gasteiger partial charge in [-0.15, -0.1) is 0 Å². The molecule has 0 aliphatic carbocycles. The molecule has 1 amide bonds. The van der Waals surface area contributed by atoms with E-state index in [0.717, 1.165) is 12.2 Å². The fraction of sp³-hybridized carbons (Fsp3) is 0.750. The van der Waals surface area contributed by atoms with Crippen LogP contribution in [0.5, 0.6) is 0 Å². The molecular weight excluding hydrogens is 204 g/mol. The van der Waals surface area contributed by atoms with Crippen LogP contribution in [0.25, 0.3) is 0 Å². The number of nitrogens with one attached hydrogen (secondary N) is 1. The zero-order valence-corrected chi connectivity index (χ0v) is 8.55. The molecule has 0 spiro atoms. The van der Waals surface area contributed by atoms with Gasteiger partial charge in [-0.3, -0.25) is 9.59 Å². The Kier molecular flexibility index (Phi) is 4.21. The maximum absolute atomic E-state index is 10.8. The molecule has 0 saturated carbocycles. The second-order valence-electron chi connectivity index (χ2n) is 3.29. The maximum atomic E-state index is 10.8. The summed E-state index contributed by atoms with van der Waals surface area (Å²) in [6, 6.07) is -0.620. The molecule has 1 heterocycles. The topological polar surface area (TPSA) is 92.4 Å². The van der Waals surface area contributed by atoms with E-state index in [9.17, 15) is 9.59 Å². The minimum atomic E-state index is -0.979. The summed E-state index contributed by atoms with van der Waals surface area (Å²) in [4.78, 5) is 21.2. The molecule has 0 aromatic heterocycles. The zero-order valence-electron chi connectivity index (χ0n) is 7.73. The number of carboxylic acid groups (broad SMARTS) is 1. The quantitative estimate of drug-likeness (QED) is 0.573. The number of nitrogens with two attached hydrogens (primary N) is 1. The van der Waals surface area contributed by atoms with Crippen LogP contribution in [0.1, 0.15) is 12.8 Å². The first-order valence-electron chi connectivity index (χ1n) is 4.45. The molecule has 0 aromatic rings. The molecule has 2 unspecified atom stereocenters. The molecule has 1 saturated heterocycles. The number of carbonyl (C=O) groups excluding carboxylic acids is 1. The molecule has 4 N–H and O–H groups in total. The Morgan fingerprint density at radius 2 is 2.50 bits per heavy atom. The highest BCUT2D eigenvalue weighted by Crippen LogP contribution is 2.13. The molecule has 2 atom stereocenters. The minimum Gasteiger partial charge on any atom is -0.480 e. The lowest BCUT2D eigenvalue weighted by Gasteiger charge is -2.10. The van der Waals surface area contributed by atoms with E-state index in [0.29, 0.717) is 12.2 Å². The predicted molar refractivity (Wildman–Crippen MR) is 54.1 cm³/mol. The van der Waals surface area contributed by atoms with Gasteiger partial charge in [0.1, 0.15) is 6.04 Å². The van der Waals surface area contributed by atoms with Crippen molar-refractivity contribution in [3.05, 3.63) is 0 Å². The third-order valence-electron chi connectivity index (χ3n) is 2.02. The molecule has 5 nitrogen and oxygen atoms in total. The van der Waals surface area contributed by atoms with Gasteiger partial charge in [-0.05, 0) is 6.42 Å². The summed E-state index contributed by atoms with van der Waals surface area (Å²) < 4.78 is 0. The Bertz CT molecular complexity index is 235. The van der Waals surface area contributed by atoms with Gasteiger partial charge in [0.05, 0.1) is 0 Å². The number of hydrogen-bond donors (Lipinski definition) is 3. The fourth-order valence-electron chi connectivity index (χ4n) is 1.21. The normalized spacial score (nSPS) is 23.2. The van der Waals surface area contributed by atoms with Crippen LogP contribution in [0.2, 0.25) is 0 Å². The number of hydrogen-bond acceptors (Lipinski definition) is 4. The van der Waals surface area contributed by atoms with Crippen molar-refractivity contribution in [2.24, 2.45) is 5.73 Å². The van der Waals surface area contributed by atoms with E-state index < -0.39 is 12.0 Å². The van der Waals surface area contributed by atoms with Gasteiger partial charge in [0.15, 0.2) is 0 Å². The molecule has 0 bridgehead atoms. The van der Waals surface area contributed by atoms with E-state index in [1.165, 1.54) is 11.8 Å². The van der Waals surface area contributed by atoms with Crippen LogP contribution in [0, 0.1) is 0 Å². The lowest BCUT2D eigenvalue weighted by molar-refractivity contribution is -0.137. The average molecular weight is 218 g/mol. The SMILES string of the molecule is NC(CSCC1CCC(=O)N1)C(=O)O. The highest BCUT2D eigenvalue weighted by atomic mass is 32.2. The minimum absolute atomic E-state index is 0.0816. The molecule has 1 rings (SSSR count). The van der Waals surface area contributed by atoms with Crippen molar-refractivity contribution in [1.29, 1.82) is 0 Å². The summed E-state index contributed by atoms with van der Waals surface area (Å²) in [7, 11) is 0. The molecule has 0 radical (unpaired) electrons. The van der Waals surface area contributed by atoms with Crippen molar-refractivity contribution in [2.75, 3.05) is 11.5 Å². The third-order valence-corrected chi connectivity index (χ3v) is 3.25. The van der Waals surface area contributed by atoms with Crippen LogP contribution in [-0.4, -0.2) is 40.6 Å². The molecular formula is C8H14N2O3S. The number of aliphatic carboxylic acids is 1. The molecule has 6 heteroatoms. The molecule has 0 aromatic carbocycles. The molecule has 80 valence electrons. The number of rotatable bonds is 5. The second-order valence-corrected chi connectivity index (χ2v) is 4.36. The monoisotopic (exact) mass is 218 g/mol. The molecule has 1 fully saturated rings. The average Bonchev–Trinajstić information content (AvgIpc) is 2.51. The zero-order chi connectivity index (χ0) is 10.6. The summed E-state index contributed by atoms with van der Waals surface area (Å²) in [5.74, 6) is 0.236. The van der Waals surface area contributed by atoms with Crippen molar-refractivity contribution in [3.8, 4) is 0 Å². The number of carbonyl (C=O) groups is 2. The Labute approximate surface area is 86.4 Å². The Balaban J connectivity index is 2.09. The van der Waals surface area contributed by atoms with Gasteiger partial charge >= 0.3 is 5.97 Å². The van der Waals surface area contributed by atoms with Gasteiger partial charge in [-0.2, -0.15) is 11.8 Å². The largest absolute Gasteiger partial charge is 0.480 e. The first-order valence-corrected chi connectivity index (χ1v) is 5.60. The summed E-state index contributed by atoms with van der Waals surface area (Å²) in [5.41, 5.74) is 5.32. The number of thioether (sulfide) groups is 1. The van der Waals surface area contributed by atoms with E-state index in [1.54, 1.807) is 0 Å². The van der Waals surface area contributed by atoms with Crippen LogP contribution < -0.4 is 11.1 Å². The van der Waals surface area contributed by atoms with Gasteiger partial charge in [0, 0.05) is 24.0 Å². The van der Waals surface area contributed by atoms with Crippen molar-refractivity contribution < 1.29 is 14.7 Å². The highest BCUT2D eigenvalue weighted by molar-refractivity contribution is 7.99. The fourth-order valence-corrected chi connectivity index (χ4v) is 2.28. The van der Waals surface area contributed by atoms with Gasteiger partial charge in [-0.25, -0.2) is 0 Å². The summed E-state index contributed by atoms with van der Waals surface area (Å²) in [6.45, 7) is 0. The van der Waals surface area contributed by atoms with E-state index >= 15 is 0 Å². The van der Waals surface area contributed by atoms with Gasteiger partial charge in [0.2, 0.25) is 5.91 Å². The van der Waals surface area contributed by atoms with Gasteiger partial charge in [0.25, 0.3) is 0 Å². The van der Waals surface area contributed by atoms with Crippen LogP contribution >= 0.6 is 11.8 Å². The van der Waals surface area contributed by atoms with Crippen molar-refractivity contribution >= 4 is 23.6 Å². The van der Waals surface area contributed by atoms with E-state index in [-0.39, 0.29) is 11.9 Å². The van der Waals surface area contributed by atoms with Gasteiger partial charge < -0.3 is 16.2 Å². The number of amides is 1. The van der Waals surface area contributed by atoms with Gasteiger partial charge in [-0.1, -0.05) is 0 Å². The lowest BCUT2D eigenvalue weighted by atomic mass is 10.2. The molecule has 1 aliphatic heterocycles. The first kappa shape index (κ1) is 11.3. The second kappa shape index (κ2) is 5.21. The highest BCUT2D eigenvalue weighted by Gasteiger charge is 2.21. The van der Waals surface area contributed by atoms with Crippen LogP contribution in [0.4, 0.5) is 0 Å².